The lowest BCUT2D eigenvalue weighted by Crippen LogP contribution is -2.32. The number of rotatable bonds is 15. The zero-order valence-electron chi connectivity index (χ0n) is 24.2. The van der Waals surface area contributed by atoms with Gasteiger partial charge in [0.1, 0.15) is 11.8 Å². The molecule has 1 amide bonds. The molecule has 0 spiro atoms. The molecule has 0 aliphatic carbocycles. The molecule has 0 saturated carbocycles. The standard InChI is InChI=1S/C36H36N2O5/c1-26(2)35(40)38(25-28-12-5-3-6-13-28)22-11-23-43-30-20-18-27(19-21-30)24-33(36(41)42)37-32-17-10-9-16-31(32)34(39)29-14-7-4-8-15-29/h3-10,12-21,33,37H,1,11,22-25H2,2H3,(H,41,42). The number of carbonyl (C=O) groups is 3. The molecule has 7 heteroatoms. The zero-order valence-corrected chi connectivity index (χ0v) is 24.2. The summed E-state index contributed by atoms with van der Waals surface area (Å²) in [6, 6.07) is 32.0. The molecule has 0 aliphatic rings. The number of ketones is 1. The number of aliphatic carboxylic acids is 1. The van der Waals surface area contributed by atoms with Crippen LogP contribution in [0.1, 0.15) is 40.4 Å². The van der Waals surface area contributed by atoms with Crippen LogP contribution in [0.5, 0.6) is 5.75 Å². The molecule has 0 bridgehead atoms. The maximum Gasteiger partial charge on any atom is 0.326 e. The van der Waals surface area contributed by atoms with Crippen LogP contribution in [0.2, 0.25) is 0 Å². The van der Waals surface area contributed by atoms with Crippen molar-refractivity contribution < 1.29 is 24.2 Å². The molecule has 0 fully saturated rings. The minimum absolute atomic E-state index is 0.0816. The Bertz CT molecular complexity index is 1540. The van der Waals surface area contributed by atoms with Crippen molar-refractivity contribution >= 4 is 23.3 Å². The number of carboxylic acid groups (broad SMARTS) is 1. The van der Waals surface area contributed by atoms with Crippen molar-refractivity contribution in [2.45, 2.75) is 32.4 Å². The molecule has 0 aromatic heterocycles. The van der Waals surface area contributed by atoms with Gasteiger partial charge in [0.2, 0.25) is 5.91 Å². The van der Waals surface area contributed by atoms with Gasteiger partial charge in [-0.3, -0.25) is 9.59 Å². The second-order valence-electron chi connectivity index (χ2n) is 10.3. The average Bonchev–Trinajstić information content (AvgIpc) is 3.03. The van der Waals surface area contributed by atoms with E-state index in [2.05, 4.69) is 11.9 Å². The van der Waals surface area contributed by atoms with Gasteiger partial charge >= 0.3 is 5.97 Å². The van der Waals surface area contributed by atoms with Gasteiger partial charge in [0.15, 0.2) is 5.78 Å². The lowest BCUT2D eigenvalue weighted by molar-refractivity contribution is -0.137. The summed E-state index contributed by atoms with van der Waals surface area (Å²) in [6.07, 6.45) is 0.848. The third-order valence-electron chi connectivity index (χ3n) is 6.91. The predicted molar refractivity (Wildman–Crippen MR) is 168 cm³/mol. The van der Waals surface area contributed by atoms with E-state index in [1.807, 2.05) is 60.7 Å². The van der Waals surface area contributed by atoms with Gasteiger partial charge in [-0.1, -0.05) is 91.5 Å². The van der Waals surface area contributed by atoms with Crippen molar-refractivity contribution in [3.8, 4) is 5.75 Å². The Kier molecular flexibility index (Phi) is 10.9. The number of benzene rings is 4. The number of carbonyl (C=O) groups excluding carboxylic acids is 2. The first-order valence-corrected chi connectivity index (χ1v) is 14.2. The van der Waals surface area contributed by atoms with Crippen molar-refractivity contribution in [2.24, 2.45) is 0 Å². The van der Waals surface area contributed by atoms with Gasteiger partial charge in [-0.05, 0) is 48.7 Å². The van der Waals surface area contributed by atoms with Crippen LogP contribution in [0.25, 0.3) is 0 Å². The molecule has 220 valence electrons. The van der Waals surface area contributed by atoms with Crippen LogP contribution in [0, 0.1) is 0 Å². The summed E-state index contributed by atoms with van der Waals surface area (Å²) in [6.45, 7) is 6.96. The van der Waals surface area contributed by atoms with Crippen LogP contribution in [0.3, 0.4) is 0 Å². The maximum atomic E-state index is 13.1. The van der Waals surface area contributed by atoms with E-state index in [1.54, 1.807) is 60.4 Å². The summed E-state index contributed by atoms with van der Waals surface area (Å²) in [7, 11) is 0. The molecule has 0 heterocycles. The van der Waals surface area contributed by atoms with E-state index in [4.69, 9.17) is 4.74 Å². The Morgan fingerprint density at radius 1 is 0.837 bits per heavy atom. The highest BCUT2D eigenvalue weighted by Crippen LogP contribution is 2.22. The minimum atomic E-state index is -1.02. The lowest BCUT2D eigenvalue weighted by Gasteiger charge is -2.23. The fourth-order valence-corrected chi connectivity index (χ4v) is 4.67. The van der Waals surface area contributed by atoms with Crippen LogP contribution in [-0.4, -0.2) is 46.9 Å². The third kappa shape index (κ3) is 8.91. The van der Waals surface area contributed by atoms with E-state index in [9.17, 15) is 19.5 Å². The van der Waals surface area contributed by atoms with Crippen LogP contribution in [0.15, 0.2) is 121 Å². The lowest BCUT2D eigenvalue weighted by atomic mass is 10.00. The summed E-state index contributed by atoms with van der Waals surface area (Å²) in [5, 5.41) is 13.0. The van der Waals surface area contributed by atoms with E-state index in [1.165, 1.54) is 0 Å². The van der Waals surface area contributed by atoms with Crippen molar-refractivity contribution in [2.75, 3.05) is 18.5 Å². The summed E-state index contributed by atoms with van der Waals surface area (Å²) in [4.78, 5) is 39.6. The maximum absolute atomic E-state index is 13.1. The molecule has 2 N–H and O–H groups in total. The molecule has 0 saturated heterocycles. The van der Waals surface area contributed by atoms with Gasteiger partial charge < -0.3 is 20.1 Å². The number of ether oxygens (including phenoxy) is 1. The van der Waals surface area contributed by atoms with Crippen LogP contribution < -0.4 is 10.1 Å². The van der Waals surface area contributed by atoms with Crippen LogP contribution in [0.4, 0.5) is 5.69 Å². The van der Waals surface area contributed by atoms with Gasteiger partial charge in [0, 0.05) is 41.9 Å². The fraction of sp³-hybridized carbons (Fsp3) is 0.194. The van der Waals surface area contributed by atoms with Crippen molar-refractivity contribution in [3.05, 3.63) is 144 Å². The Hall–Kier alpha value is -5.17. The number of amides is 1. The SMILES string of the molecule is C=C(C)C(=O)N(CCCOc1ccc(CC(Nc2ccccc2C(=O)c2ccccc2)C(=O)O)cc1)Cc1ccccc1. The number of nitrogens with one attached hydrogen (secondary N) is 1. The molecule has 43 heavy (non-hydrogen) atoms. The monoisotopic (exact) mass is 576 g/mol. The molecule has 1 atom stereocenters. The Morgan fingerprint density at radius 2 is 1.47 bits per heavy atom. The van der Waals surface area contributed by atoms with Crippen molar-refractivity contribution in [1.29, 1.82) is 0 Å². The first kappa shape index (κ1) is 30.8. The Labute approximate surface area is 252 Å². The quantitative estimate of drug-likeness (QED) is 0.0966. The summed E-state index contributed by atoms with van der Waals surface area (Å²) in [5.41, 5.74) is 3.76. The van der Waals surface area contributed by atoms with Gasteiger partial charge in [0.05, 0.1) is 6.61 Å². The van der Waals surface area contributed by atoms with Crippen LogP contribution in [-0.2, 0) is 22.6 Å². The first-order chi connectivity index (χ1) is 20.8. The predicted octanol–water partition coefficient (Wildman–Crippen LogP) is 6.40. The van der Waals surface area contributed by atoms with Crippen LogP contribution >= 0.6 is 0 Å². The first-order valence-electron chi connectivity index (χ1n) is 14.2. The van der Waals surface area contributed by atoms with Gasteiger partial charge in [-0.15, -0.1) is 0 Å². The Morgan fingerprint density at radius 3 is 2.12 bits per heavy atom. The second kappa shape index (κ2) is 15.2. The highest BCUT2D eigenvalue weighted by molar-refractivity contribution is 6.12. The van der Waals surface area contributed by atoms with Gasteiger partial charge in [-0.2, -0.15) is 0 Å². The van der Waals surface area contributed by atoms with Crippen molar-refractivity contribution in [3.63, 3.8) is 0 Å². The number of carboxylic acids is 1. The largest absolute Gasteiger partial charge is 0.494 e. The second-order valence-corrected chi connectivity index (χ2v) is 10.3. The van der Waals surface area contributed by atoms with E-state index < -0.39 is 12.0 Å². The molecule has 4 aromatic rings. The molecular formula is C36H36N2O5. The third-order valence-corrected chi connectivity index (χ3v) is 6.91. The molecule has 4 rings (SSSR count). The topological polar surface area (TPSA) is 95.9 Å². The zero-order chi connectivity index (χ0) is 30.6. The summed E-state index contributed by atoms with van der Waals surface area (Å²) < 4.78 is 5.90. The fourth-order valence-electron chi connectivity index (χ4n) is 4.67. The van der Waals surface area contributed by atoms with E-state index in [0.29, 0.717) is 54.3 Å². The number of anilines is 1. The van der Waals surface area contributed by atoms with E-state index in [0.717, 1.165) is 11.1 Å². The molecule has 1 unspecified atom stereocenters. The number of para-hydroxylation sites is 1. The molecule has 4 aromatic carbocycles. The Balaban J connectivity index is 1.33. The van der Waals surface area contributed by atoms with E-state index >= 15 is 0 Å². The number of hydrogen-bond acceptors (Lipinski definition) is 5. The molecule has 0 aliphatic heterocycles. The minimum Gasteiger partial charge on any atom is -0.494 e. The van der Waals surface area contributed by atoms with Gasteiger partial charge in [0.25, 0.3) is 0 Å². The highest BCUT2D eigenvalue weighted by Gasteiger charge is 2.21. The summed E-state index contributed by atoms with van der Waals surface area (Å²) >= 11 is 0. The summed E-state index contributed by atoms with van der Waals surface area (Å²) in [5.74, 6) is -0.627. The van der Waals surface area contributed by atoms with Gasteiger partial charge in [-0.25, -0.2) is 4.79 Å². The van der Waals surface area contributed by atoms with E-state index in [-0.39, 0.29) is 18.1 Å². The normalized spacial score (nSPS) is 11.3. The number of nitrogens with zero attached hydrogens (tertiary/aromatic N) is 1. The molecule has 7 nitrogen and oxygen atoms in total. The molecule has 0 radical (unpaired) electrons. The smallest absolute Gasteiger partial charge is 0.326 e. The number of hydrogen-bond donors (Lipinski definition) is 2. The molecular weight excluding hydrogens is 540 g/mol. The van der Waals surface area contributed by atoms with Crippen molar-refractivity contribution in [1.82, 2.24) is 4.90 Å². The average molecular weight is 577 g/mol. The highest BCUT2D eigenvalue weighted by atomic mass is 16.5.